The summed E-state index contributed by atoms with van der Waals surface area (Å²) in [7, 11) is 0. The molecule has 124 valence electrons. The van der Waals surface area contributed by atoms with Crippen molar-refractivity contribution < 1.29 is 0 Å². The first-order valence-electron chi connectivity index (χ1n) is 8.62. The molecule has 23 heavy (non-hydrogen) atoms. The van der Waals surface area contributed by atoms with Crippen molar-refractivity contribution in [3.8, 4) is 0 Å². The van der Waals surface area contributed by atoms with E-state index >= 15 is 0 Å². The van der Waals surface area contributed by atoms with Crippen molar-refractivity contribution in [3.63, 3.8) is 0 Å². The van der Waals surface area contributed by atoms with Gasteiger partial charge < -0.3 is 5.73 Å². The molecule has 0 radical (unpaired) electrons. The van der Waals surface area contributed by atoms with Crippen LogP contribution in [0.2, 0.25) is 0 Å². The molecule has 0 bridgehead atoms. The van der Waals surface area contributed by atoms with Crippen molar-refractivity contribution >= 4 is 17.3 Å². The van der Waals surface area contributed by atoms with E-state index in [1.807, 2.05) is 39.5 Å². The van der Waals surface area contributed by atoms with Gasteiger partial charge in [0.1, 0.15) is 0 Å². The highest BCUT2D eigenvalue weighted by atomic mass is 32.2. The summed E-state index contributed by atoms with van der Waals surface area (Å²) in [5, 5.41) is 0. The average Bonchev–Trinajstić information content (AvgIpc) is 2.65. The minimum absolute atomic E-state index is 0.637. The van der Waals surface area contributed by atoms with Gasteiger partial charge in [-0.1, -0.05) is 69.8 Å². The largest absolute Gasteiger partial charge is 0.326 e. The minimum Gasteiger partial charge on any atom is -0.326 e. The van der Waals surface area contributed by atoms with E-state index in [2.05, 4.69) is 54.6 Å². The number of hydrogen-bond acceptors (Lipinski definition) is 2. The second kappa shape index (κ2) is 11.1. The Hall–Kier alpha value is -1.51. The molecule has 0 aliphatic heterocycles. The highest BCUT2D eigenvalue weighted by Gasteiger charge is 2.12. The third kappa shape index (κ3) is 5.56. The van der Waals surface area contributed by atoms with Crippen LogP contribution in [0.15, 0.2) is 64.4 Å². The third-order valence-electron chi connectivity index (χ3n) is 3.43. The standard InChI is InChI=1S/C17H17NS.2C2H6/c18-12-14-6-4-5-13-11-16(9-10-17(13)14)19-15-7-2-1-3-8-15;2*1-2/h1-3,6-11H,4-5,12,18H2;2*1-2H3. The molecule has 0 spiro atoms. The maximum Gasteiger partial charge on any atom is 0.0181 e. The first-order chi connectivity index (χ1) is 11.4. The topological polar surface area (TPSA) is 26.0 Å². The van der Waals surface area contributed by atoms with Crippen molar-refractivity contribution in [1.29, 1.82) is 0 Å². The Bertz CT molecular complexity index is 602. The fourth-order valence-electron chi connectivity index (χ4n) is 2.48. The number of fused-ring (bicyclic) bond motifs is 1. The molecule has 0 saturated heterocycles. The van der Waals surface area contributed by atoms with Crippen molar-refractivity contribution in [1.82, 2.24) is 0 Å². The zero-order valence-electron chi connectivity index (χ0n) is 14.8. The normalized spacial score (nSPS) is 12.0. The fourth-order valence-corrected chi connectivity index (χ4v) is 3.39. The molecular weight excluding hydrogens is 298 g/mol. The maximum absolute atomic E-state index is 5.81. The lowest BCUT2D eigenvalue weighted by atomic mass is 9.91. The van der Waals surface area contributed by atoms with E-state index in [1.54, 1.807) is 0 Å². The fraction of sp³-hybridized carbons (Fsp3) is 0.333. The Morgan fingerprint density at radius 3 is 2.26 bits per heavy atom. The number of nitrogens with two attached hydrogens (primary N) is 1. The highest BCUT2D eigenvalue weighted by molar-refractivity contribution is 7.99. The Kier molecular flexibility index (Phi) is 9.42. The summed E-state index contributed by atoms with van der Waals surface area (Å²) >= 11 is 1.82. The van der Waals surface area contributed by atoms with Gasteiger partial charge in [0.25, 0.3) is 0 Å². The second-order valence-electron chi connectivity index (χ2n) is 4.71. The molecule has 2 heteroatoms. The van der Waals surface area contributed by atoms with Crippen molar-refractivity contribution in [3.05, 3.63) is 65.7 Å². The van der Waals surface area contributed by atoms with Gasteiger partial charge in [0.2, 0.25) is 0 Å². The highest BCUT2D eigenvalue weighted by Crippen LogP contribution is 2.33. The summed E-state index contributed by atoms with van der Waals surface area (Å²) < 4.78 is 0. The lowest BCUT2D eigenvalue weighted by Gasteiger charge is -2.17. The molecule has 1 aliphatic carbocycles. The predicted molar refractivity (Wildman–Crippen MR) is 105 cm³/mol. The van der Waals surface area contributed by atoms with Gasteiger partial charge in [-0.25, -0.2) is 0 Å². The van der Waals surface area contributed by atoms with Gasteiger partial charge in [0.15, 0.2) is 0 Å². The van der Waals surface area contributed by atoms with Crippen LogP contribution < -0.4 is 5.73 Å². The van der Waals surface area contributed by atoms with Gasteiger partial charge in [-0.2, -0.15) is 0 Å². The van der Waals surface area contributed by atoms with E-state index in [-0.39, 0.29) is 0 Å². The lowest BCUT2D eigenvalue weighted by molar-refractivity contribution is 0.960. The second-order valence-corrected chi connectivity index (χ2v) is 5.85. The van der Waals surface area contributed by atoms with Gasteiger partial charge >= 0.3 is 0 Å². The molecule has 3 rings (SSSR count). The summed E-state index contributed by atoms with van der Waals surface area (Å²) in [6, 6.07) is 17.2. The zero-order valence-corrected chi connectivity index (χ0v) is 15.6. The quantitative estimate of drug-likeness (QED) is 0.728. The molecule has 0 aromatic heterocycles. The minimum atomic E-state index is 0.637. The lowest BCUT2D eigenvalue weighted by Crippen LogP contribution is -2.08. The third-order valence-corrected chi connectivity index (χ3v) is 4.42. The predicted octanol–water partition coefficient (Wildman–Crippen LogP) is 6.18. The van der Waals surface area contributed by atoms with E-state index in [9.17, 15) is 0 Å². The Morgan fingerprint density at radius 2 is 1.61 bits per heavy atom. The molecule has 0 atom stereocenters. The Labute approximate surface area is 146 Å². The molecular formula is C21H29NS. The van der Waals surface area contributed by atoms with Crippen LogP contribution in [-0.4, -0.2) is 6.54 Å². The van der Waals surface area contributed by atoms with Crippen LogP contribution in [0.5, 0.6) is 0 Å². The van der Waals surface area contributed by atoms with Crippen LogP contribution in [-0.2, 0) is 6.42 Å². The zero-order chi connectivity index (χ0) is 17.1. The average molecular weight is 328 g/mol. The van der Waals surface area contributed by atoms with Gasteiger partial charge in [-0.3, -0.25) is 0 Å². The molecule has 2 aromatic rings. The molecule has 2 aromatic carbocycles. The monoisotopic (exact) mass is 327 g/mol. The summed E-state index contributed by atoms with van der Waals surface area (Å²) in [6.07, 6.45) is 4.51. The van der Waals surface area contributed by atoms with Gasteiger partial charge in [-0.15, -0.1) is 0 Å². The summed E-state index contributed by atoms with van der Waals surface area (Å²) in [5.74, 6) is 0. The SMILES string of the molecule is CC.CC.NCC1=CCCc2cc(Sc3ccccc3)ccc21. The van der Waals surface area contributed by atoms with Crippen molar-refractivity contribution in [2.24, 2.45) is 5.73 Å². The van der Waals surface area contributed by atoms with E-state index in [1.165, 1.54) is 26.5 Å². The van der Waals surface area contributed by atoms with E-state index < -0.39 is 0 Å². The number of allylic oxidation sites excluding steroid dienone is 1. The first-order valence-corrected chi connectivity index (χ1v) is 9.44. The number of hydrogen-bond donors (Lipinski definition) is 1. The Balaban J connectivity index is 0.000000615. The summed E-state index contributed by atoms with van der Waals surface area (Å²) in [5.41, 5.74) is 9.87. The smallest absolute Gasteiger partial charge is 0.0181 e. The molecule has 2 N–H and O–H groups in total. The number of benzene rings is 2. The van der Waals surface area contributed by atoms with Gasteiger partial charge in [-0.05, 0) is 53.8 Å². The molecule has 0 saturated carbocycles. The molecule has 0 amide bonds. The van der Waals surface area contributed by atoms with Crippen LogP contribution in [0.25, 0.3) is 5.57 Å². The van der Waals surface area contributed by atoms with Crippen LogP contribution in [0.4, 0.5) is 0 Å². The summed E-state index contributed by atoms with van der Waals surface area (Å²) in [4.78, 5) is 2.59. The van der Waals surface area contributed by atoms with Crippen LogP contribution in [0, 0.1) is 0 Å². The van der Waals surface area contributed by atoms with Crippen LogP contribution in [0.1, 0.15) is 45.2 Å². The van der Waals surface area contributed by atoms with E-state index in [0.717, 1.165) is 12.8 Å². The van der Waals surface area contributed by atoms with Crippen LogP contribution in [0.3, 0.4) is 0 Å². The summed E-state index contributed by atoms with van der Waals surface area (Å²) in [6.45, 7) is 8.64. The number of aryl methyl sites for hydroxylation is 1. The molecule has 0 unspecified atom stereocenters. The van der Waals surface area contributed by atoms with Crippen LogP contribution >= 0.6 is 11.8 Å². The van der Waals surface area contributed by atoms with E-state index in [0.29, 0.717) is 6.54 Å². The van der Waals surface area contributed by atoms with Crippen molar-refractivity contribution in [2.75, 3.05) is 6.54 Å². The molecule has 0 heterocycles. The van der Waals surface area contributed by atoms with E-state index in [4.69, 9.17) is 5.73 Å². The van der Waals surface area contributed by atoms with Gasteiger partial charge in [0, 0.05) is 16.3 Å². The Morgan fingerprint density at radius 1 is 0.913 bits per heavy atom. The van der Waals surface area contributed by atoms with Gasteiger partial charge in [0.05, 0.1) is 0 Å². The molecule has 1 aliphatic rings. The maximum atomic E-state index is 5.81. The molecule has 0 fully saturated rings. The molecule has 1 nitrogen and oxygen atoms in total. The van der Waals surface area contributed by atoms with Crippen molar-refractivity contribution in [2.45, 2.75) is 50.3 Å². The first kappa shape index (κ1) is 19.5. The number of rotatable bonds is 3.